The van der Waals surface area contributed by atoms with Gasteiger partial charge in [-0.15, -0.1) is 0 Å². The molecular formula is C21H26N4. The molecular weight excluding hydrogens is 308 g/mol. The van der Waals surface area contributed by atoms with Crippen LogP contribution in [0.3, 0.4) is 0 Å². The van der Waals surface area contributed by atoms with E-state index in [2.05, 4.69) is 59.9 Å². The second-order valence-electron chi connectivity index (χ2n) is 7.28. The van der Waals surface area contributed by atoms with Crippen molar-refractivity contribution in [1.82, 2.24) is 19.8 Å². The van der Waals surface area contributed by atoms with Gasteiger partial charge in [0, 0.05) is 38.3 Å². The number of hydrogen-bond acceptors (Lipinski definition) is 3. The van der Waals surface area contributed by atoms with E-state index < -0.39 is 0 Å². The molecule has 1 aliphatic rings. The molecule has 1 saturated heterocycles. The van der Waals surface area contributed by atoms with Gasteiger partial charge in [-0.1, -0.05) is 18.2 Å². The maximum Gasteiger partial charge on any atom is 0.138 e. The number of nitrogens with one attached hydrogen (secondary N) is 1. The summed E-state index contributed by atoms with van der Waals surface area (Å²) in [5.41, 5.74) is 7.39. The molecule has 3 aromatic rings. The summed E-state index contributed by atoms with van der Waals surface area (Å²) in [6, 6.07) is 12.9. The third-order valence-corrected chi connectivity index (χ3v) is 5.32. The fraction of sp³-hybridized carbons (Fsp3) is 0.381. The lowest BCUT2D eigenvalue weighted by Gasteiger charge is -2.32. The van der Waals surface area contributed by atoms with Crippen LogP contribution in [0.2, 0.25) is 0 Å². The number of aromatic nitrogens is 2. The van der Waals surface area contributed by atoms with E-state index in [0.717, 1.165) is 49.6 Å². The van der Waals surface area contributed by atoms with Crippen molar-refractivity contribution in [2.75, 3.05) is 33.2 Å². The molecule has 4 heteroatoms. The normalized spacial score (nSPS) is 16.6. The Morgan fingerprint density at radius 1 is 1.00 bits per heavy atom. The van der Waals surface area contributed by atoms with Gasteiger partial charge in [0.25, 0.3) is 0 Å². The number of nitrogens with zero attached hydrogens (tertiary/aromatic N) is 3. The maximum absolute atomic E-state index is 4.80. The lowest BCUT2D eigenvalue weighted by atomic mass is 9.99. The molecule has 25 heavy (non-hydrogen) atoms. The van der Waals surface area contributed by atoms with Gasteiger partial charge in [-0.2, -0.15) is 0 Å². The van der Waals surface area contributed by atoms with Crippen LogP contribution in [0.5, 0.6) is 0 Å². The smallest absolute Gasteiger partial charge is 0.138 e. The first-order valence-corrected chi connectivity index (χ1v) is 9.06. The largest absolute Gasteiger partial charge is 0.338 e. The third kappa shape index (κ3) is 3.32. The molecule has 1 fully saturated rings. The van der Waals surface area contributed by atoms with Crippen LogP contribution in [0.15, 0.2) is 36.4 Å². The Bertz CT molecular complexity index is 855. The topological polar surface area (TPSA) is 35.2 Å². The van der Waals surface area contributed by atoms with Crippen molar-refractivity contribution in [2.24, 2.45) is 0 Å². The Morgan fingerprint density at radius 2 is 1.76 bits per heavy atom. The van der Waals surface area contributed by atoms with Gasteiger partial charge in [0.05, 0.1) is 11.0 Å². The number of rotatable bonds is 3. The van der Waals surface area contributed by atoms with Gasteiger partial charge in [-0.3, -0.25) is 4.90 Å². The van der Waals surface area contributed by atoms with Crippen molar-refractivity contribution < 1.29 is 0 Å². The number of piperazine rings is 1. The SMILES string of the molecule is Cc1cc(C)c(-c2nc3ccccc3[nH]2)cc1CN1CCN(C)CC1. The highest BCUT2D eigenvalue weighted by Gasteiger charge is 2.16. The highest BCUT2D eigenvalue weighted by Crippen LogP contribution is 2.27. The minimum Gasteiger partial charge on any atom is -0.338 e. The first kappa shape index (κ1) is 16.3. The maximum atomic E-state index is 4.80. The fourth-order valence-electron chi connectivity index (χ4n) is 3.65. The summed E-state index contributed by atoms with van der Waals surface area (Å²) in [6.45, 7) is 10.0. The Morgan fingerprint density at radius 3 is 2.52 bits per heavy atom. The van der Waals surface area contributed by atoms with Crippen LogP contribution < -0.4 is 0 Å². The van der Waals surface area contributed by atoms with E-state index in [4.69, 9.17) is 4.98 Å². The average molecular weight is 334 g/mol. The summed E-state index contributed by atoms with van der Waals surface area (Å²) >= 11 is 0. The van der Waals surface area contributed by atoms with E-state index in [1.54, 1.807) is 0 Å². The number of H-pyrrole nitrogens is 1. The Kier molecular flexibility index (Phi) is 4.32. The number of aryl methyl sites for hydroxylation is 2. The van der Waals surface area contributed by atoms with E-state index in [1.165, 1.54) is 22.3 Å². The summed E-state index contributed by atoms with van der Waals surface area (Å²) in [5.74, 6) is 0.971. The molecule has 0 unspecified atom stereocenters. The Labute approximate surface area is 149 Å². The molecule has 1 aliphatic heterocycles. The molecule has 2 aromatic carbocycles. The van der Waals surface area contributed by atoms with Crippen LogP contribution in [0.4, 0.5) is 0 Å². The number of benzene rings is 2. The van der Waals surface area contributed by atoms with Gasteiger partial charge in [0.2, 0.25) is 0 Å². The lowest BCUT2D eigenvalue weighted by Crippen LogP contribution is -2.43. The first-order chi connectivity index (χ1) is 12.1. The Balaban J connectivity index is 1.66. The van der Waals surface area contributed by atoms with Crippen molar-refractivity contribution >= 4 is 11.0 Å². The third-order valence-electron chi connectivity index (χ3n) is 5.32. The van der Waals surface area contributed by atoms with Gasteiger partial charge >= 0.3 is 0 Å². The monoisotopic (exact) mass is 334 g/mol. The van der Waals surface area contributed by atoms with E-state index in [0.29, 0.717) is 0 Å². The average Bonchev–Trinajstić information content (AvgIpc) is 3.03. The zero-order chi connectivity index (χ0) is 17.4. The van der Waals surface area contributed by atoms with Gasteiger partial charge in [0.1, 0.15) is 5.82 Å². The molecule has 130 valence electrons. The minimum atomic E-state index is 0.971. The van der Waals surface area contributed by atoms with Crippen LogP contribution in [0, 0.1) is 13.8 Å². The summed E-state index contributed by atoms with van der Waals surface area (Å²) in [7, 11) is 2.20. The standard InChI is InChI=1S/C21H26N4/c1-15-12-16(2)18(21-22-19-6-4-5-7-20(19)23-21)13-17(15)14-25-10-8-24(3)9-11-25/h4-7,12-13H,8-11,14H2,1-3H3,(H,22,23). The van der Waals surface area contributed by atoms with Gasteiger partial charge in [-0.05, 0) is 55.8 Å². The predicted octanol–water partition coefficient (Wildman–Crippen LogP) is 3.59. The molecule has 0 atom stereocenters. The summed E-state index contributed by atoms with van der Waals surface area (Å²) in [4.78, 5) is 13.2. The van der Waals surface area contributed by atoms with Crippen LogP contribution in [0.1, 0.15) is 16.7 Å². The van der Waals surface area contributed by atoms with Crippen molar-refractivity contribution in [3.05, 3.63) is 53.1 Å². The molecule has 4 nitrogen and oxygen atoms in total. The second kappa shape index (κ2) is 6.62. The molecule has 4 rings (SSSR count). The molecule has 0 bridgehead atoms. The fourth-order valence-corrected chi connectivity index (χ4v) is 3.65. The minimum absolute atomic E-state index is 0.971. The van der Waals surface area contributed by atoms with Crippen LogP contribution in [-0.2, 0) is 6.54 Å². The van der Waals surface area contributed by atoms with Gasteiger partial charge in [-0.25, -0.2) is 4.98 Å². The zero-order valence-corrected chi connectivity index (χ0v) is 15.3. The van der Waals surface area contributed by atoms with E-state index in [1.807, 2.05) is 12.1 Å². The Hall–Kier alpha value is -2.17. The van der Waals surface area contributed by atoms with Crippen LogP contribution in [-0.4, -0.2) is 53.0 Å². The van der Waals surface area contributed by atoms with E-state index >= 15 is 0 Å². The number of hydrogen-bond donors (Lipinski definition) is 1. The molecule has 1 aromatic heterocycles. The molecule has 0 saturated carbocycles. The van der Waals surface area contributed by atoms with Crippen molar-refractivity contribution in [1.29, 1.82) is 0 Å². The van der Waals surface area contributed by atoms with Crippen LogP contribution in [0.25, 0.3) is 22.4 Å². The highest BCUT2D eigenvalue weighted by atomic mass is 15.2. The summed E-state index contributed by atoms with van der Waals surface area (Å²) < 4.78 is 0. The molecule has 0 spiro atoms. The van der Waals surface area contributed by atoms with Gasteiger partial charge < -0.3 is 9.88 Å². The van der Waals surface area contributed by atoms with Gasteiger partial charge in [0.15, 0.2) is 0 Å². The predicted molar refractivity (Wildman–Crippen MR) is 104 cm³/mol. The number of para-hydroxylation sites is 2. The first-order valence-electron chi connectivity index (χ1n) is 9.06. The lowest BCUT2D eigenvalue weighted by molar-refractivity contribution is 0.148. The molecule has 0 aliphatic carbocycles. The molecule has 1 N–H and O–H groups in total. The quantitative estimate of drug-likeness (QED) is 0.795. The number of fused-ring (bicyclic) bond motifs is 1. The van der Waals surface area contributed by atoms with Crippen molar-refractivity contribution in [3.8, 4) is 11.4 Å². The summed E-state index contributed by atoms with van der Waals surface area (Å²) in [5, 5.41) is 0. The molecule has 0 radical (unpaired) electrons. The molecule has 2 heterocycles. The van der Waals surface area contributed by atoms with Crippen molar-refractivity contribution in [2.45, 2.75) is 20.4 Å². The van der Waals surface area contributed by atoms with E-state index in [9.17, 15) is 0 Å². The second-order valence-corrected chi connectivity index (χ2v) is 7.28. The zero-order valence-electron chi connectivity index (χ0n) is 15.3. The highest BCUT2D eigenvalue weighted by molar-refractivity contribution is 5.80. The number of likely N-dealkylation sites (N-methyl/N-ethyl adjacent to an activating group) is 1. The van der Waals surface area contributed by atoms with Crippen molar-refractivity contribution in [3.63, 3.8) is 0 Å². The number of imidazole rings is 1. The number of aromatic amines is 1. The van der Waals surface area contributed by atoms with E-state index in [-0.39, 0.29) is 0 Å². The summed E-state index contributed by atoms with van der Waals surface area (Å²) in [6.07, 6.45) is 0. The van der Waals surface area contributed by atoms with Crippen LogP contribution >= 0.6 is 0 Å². The molecule has 0 amide bonds.